The van der Waals surface area contributed by atoms with Crippen LogP contribution in [0.25, 0.3) is 0 Å². The molecule has 96 valence electrons. The molecule has 2 N–H and O–H groups in total. The summed E-state index contributed by atoms with van der Waals surface area (Å²) in [5.41, 5.74) is 3.77. The van der Waals surface area contributed by atoms with E-state index in [1.807, 2.05) is 12.1 Å². The zero-order valence-corrected chi connectivity index (χ0v) is 11.0. The van der Waals surface area contributed by atoms with Crippen molar-refractivity contribution < 1.29 is 4.42 Å². The van der Waals surface area contributed by atoms with Crippen molar-refractivity contribution in [3.63, 3.8) is 0 Å². The van der Waals surface area contributed by atoms with E-state index in [-0.39, 0.29) is 0 Å². The van der Waals surface area contributed by atoms with Crippen molar-refractivity contribution in [2.45, 2.75) is 20.4 Å². The minimum Gasteiger partial charge on any atom is -0.468 e. The van der Waals surface area contributed by atoms with E-state index in [0.29, 0.717) is 0 Å². The average molecular weight is 244 g/mol. The highest BCUT2D eigenvalue weighted by atomic mass is 16.3. The molecule has 3 nitrogen and oxygen atoms in total. The Bertz CT molecular complexity index is 457. The van der Waals surface area contributed by atoms with Gasteiger partial charge in [-0.15, -0.1) is 0 Å². The molecule has 2 rings (SSSR count). The summed E-state index contributed by atoms with van der Waals surface area (Å²) < 4.78 is 5.25. The first-order valence-electron chi connectivity index (χ1n) is 6.29. The van der Waals surface area contributed by atoms with Gasteiger partial charge in [-0.1, -0.05) is 6.07 Å². The largest absolute Gasteiger partial charge is 0.468 e. The number of benzene rings is 1. The monoisotopic (exact) mass is 244 g/mol. The van der Waals surface area contributed by atoms with E-state index in [1.165, 1.54) is 16.8 Å². The lowest BCUT2D eigenvalue weighted by atomic mass is 10.1. The van der Waals surface area contributed by atoms with E-state index >= 15 is 0 Å². The van der Waals surface area contributed by atoms with Gasteiger partial charge in [-0.2, -0.15) is 0 Å². The second-order valence-corrected chi connectivity index (χ2v) is 4.56. The molecule has 0 saturated carbocycles. The fourth-order valence-electron chi connectivity index (χ4n) is 2.00. The minimum absolute atomic E-state index is 0.779. The fourth-order valence-corrected chi connectivity index (χ4v) is 2.00. The third kappa shape index (κ3) is 3.93. The lowest BCUT2D eigenvalue weighted by Gasteiger charge is -2.09. The van der Waals surface area contributed by atoms with Crippen LogP contribution in [0.3, 0.4) is 0 Å². The first kappa shape index (κ1) is 12.7. The van der Waals surface area contributed by atoms with Crippen LogP contribution in [0, 0.1) is 13.8 Å². The van der Waals surface area contributed by atoms with E-state index in [0.717, 1.165) is 25.4 Å². The van der Waals surface area contributed by atoms with Crippen molar-refractivity contribution in [1.82, 2.24) is 5.32 Å². The van der Waals surface area contributed by atoms with Gasteiger partial charge in [0.1, 0.15) is 5.76 Å². The smallest absolute Gasteiger partial charge is 0.117 e. The molecule has 0 unspecified atom stereocenters. The van der Waals surface area contributed by atoms with E-state index < -0.39 is 0 Å². The Morgan fingerprint density at radius 1 is 1.06 bits per heavy atom. The maximum absolute atomic E-state index is 5.25. The molecule has 2 aromatic rings. The lowest BCUT2D eigenvalue weighted by molar-refractivity contribution is 0.486. The SMILES string of the molecule is Cc1cc(C)cc(NCCNCc2ccco2)c1. The molecular formula is C15H20N2O. The highest BCUT2D eigenvalue weighted by Crippen LogP contribution is 2.13. The van der Waals surface area contributed by atoms with Crippen LogP contribution in [0.1, 0.15) is 16.9 Å². The van der Waals surface area contributed by atoms with Crippen LogP contribution in [0.4, 0.5) is 5.69 Å². The molecule has 0 radical (unpaired) electrons. The van der Waals surface area contributed by atoms with Crippen LogP contribution in [-0.2, 0) is 6.54 Å². The predicted molar refractivity (Wildman–Crippen MR) is 74.8 cm³/mol. The molecule has 0 aliphatic heterocycles. The topological polar surface area (TPSA) is 37.2 Å². The fraction of sp³-hybridized carbons (Fsp3) is 0.333. The summed E-state index contributed by atoms with van der Waals surface area (Å²) in [5, 5.41) is 6.74. The van der Waals surface area contributed by atoms with Crippen molar-refractivity contribution in [2.75, 3.05) is 18.4 Å². The van der Waals surface area contributed by atoms with Gasteiger partial charge in [0.15, 0.2) is 0 Å². The third-order valence-electron chi connectivity index (χ3n) is 2.73. The molecule has 1 heterocycles. The third-order valence-corrected chi connectivity index (χ3v) is 2.73. The van der Waals surface area contributed by atoms with Crippen LogP contribution in [-0.4, -0.2) is 13.1 Å². The van der Waals surface area contributed by atoms with Gasteiger partial charge < -0.3 is 15.1 Å². The van der Waals surface area contributed by atoms with E-state index in [1.54, 1.807) is 6.26 Å². The number of aryl methyl sites for hydroxylation is 2. The summed E-state index contributed by atoms with van der Waals surface area (Å²) in [6.07, 6.45) is 1.70. The Labute approximate surface area is 108 Å². The summed E-state index contributed by atoms with van der Waals surface area (Å²) in [4.78, 5) is 0. The zero-order chi connectivity index (χ0) is 12.8. The summed E-state index contributed by atoms with van der Waals surface area (Å²) in [5.74, 6) is 0.974. The standard InChI is InChI=1S/C15H20N2O/c1-12-8-13(2)10-14(9-12)17-6-5-16-11-15-4-3-7-18-15/h3-4,7-10,16-17H,5-6,11H2,1-2H3. The Morgan fingerprint density at radius 3 is 2.50 bits per heavy atom. The number of hydrogen-bond acceptors (Lipinski definition) is 3. The summed E-state index contributed by atoms with van der Waals surface area (Å²) in [6, 6.07) is 10.4. The van der Waals surface area contributed by atoms with Gasteiger partial charge in [-0.3, -0.25) is 0 Å². The Balaban J connectivity index is 1.68. The van der Waals surface area contributed by atoms with Crippen LogP contribution in [0.5, 0.6) is 0 Å². The van der Waals surface area contributed by atoms with E-state index in [9.17, 15) is 0 Å². The molecule has 18 heavy (non-hydrogen) atoms. The van der Waals surface area contributed by atoms with Gasteiger partial charge in [0.05, 0.1) is 12.8 Å². The number of anilines is 1. The van der Waals surface area contributed by atoms with Crippen molar-refractivity contribution >= 4 is 5.69 Å². The highest BCUT2D eigenvalue weighted by Gasteiger charge is 1.96. The second kappa shape index (κ2) is 6.26. The average Bonchev–Trinajstić information content (AvgIpc) is 2.80. The van der Waals surface area contributed by atoms with E-state index in [2.05, 4.69) is 42.7 Å². The maximum atomic E-state index is 5.25. The normalized spacial score (nSPS) is 10.6. The lowest BCUT2D eigenvalue weighted by Crippen LogP contribution is -2.21. The first-order chi connectivity index (χ1) is 8.74. The minimum atomic E-state index is 0.779. The maximum Gasteiger partial charge on any atom is 0.117 e. The molecule has 0 aliphatic carbocycles. The molecule has 0 saturated heterocycles. The molecule has 0 aliphatic rings. The molecule has 0 bridgehead atoms. The molecule has 0 spiro atoms. The van der Waals surface area contributed by atoms with Gasteiger partial charge in [-0.25, -0.2) is 0 Å². The summed E-state index contributed by atoms with van der Waals surface area (Å²) >= 11 is 0. The van der Waals surface area contributed by atoms with Gasteiger partial charge in [0.2, 0.25) is 0 Å². The van der Waals surface area contributed by atoms with Crippen LogP contribution < -0.4 is 10.6 Å². The molecule has 1 aromatic carbocycles. The first-order valence-corrected chi connectivity index (χ1v) is 6.29. The summed E-state index contributed by atoms with van der Waals surface area (Å²) in [6.45, 7) is 6.83. The number of furan rings is 1. The van der Waals surface area contributed by atoms with Crippen molar-refractivity contribution in [1.29, 1.82) is 0 Å². The molecular weight excluding hydrogens is 224 g/mol. The Hall–Kier alpha value is -1.74. The molecule has 1 aromatic heterocycles. The van der Waals surface area contributed by atoms with Gasteiger partial charge in [0, 0.05) is 18.8 Å². The number of nitrogens with one attached hydrogen (secondary N) is 2. The van der Waals surface area contributed by atoms with Crippen molar-refractivity contribution in [3.8, 4) is 0 Å². The van der Waals surface area contributed by atoms with Crippen LogP contribution >= 0.6 is 0 Å². The molecule has 3 heteroatoms. The quantitative estimate of drug-likeness (QED) is 0.767. The number of hydrogen-bond donors (Lipinski definition) is 2. The highest BCUT2D eigenvalue weighted by molar-refractivity contribution is 5.48. The molecule has 0 amide bonds. The Morgan fingerprint density at radius 2 is 1.83 bits per heavy atom. The summed E-state index contributed by atoms with van der Waals surface area (Å²) in [7, 11) is 0. The predicted octanol–water partition coefficient (Wildman–Crippen LogP) is 3.10. The van der Waals surface area contributed by atoms with Gasteiger partial charge in [-0.05, 0) is 49.2 Å². The molecule has 0 fully saturated rings. The van der Waals surface area contributed by atoms with Crippen LogP contribution in [0.2, 0.25) is 0 Å². The zero-order valence-electron chi connectivity index (χ0n) is 11.0. The number of rotatable bonds is 6. The Kier molecular flexibility index (Phi) is 4.42. The van der Waals surface area contributed by atoms with Crippen LogP contribution in [0.15, 0.2) is 41.0 Å². The van der Waals surface area contributed by atoms with Crippen molar-refractivity contribution in [3.05, 3.63) is 53.5 Å². The molecule has 0 atom stereocenters. The van der Waals surface area contributed by atoms with Gasteiger partial charge in [0.25, 0.3) is 0 Å². The van der Waals surface area contributed by atoms with Gasteiger partial charge >= 0.3 is 0 Å². The van der Waals surface area contributed by atoms with E-state index in [4.69, 9.17) is 4.42 Å². The van der Waals surface area contributed by atoms with Crippen molar-refractivity contribution in [2.24, 2.45) is 0 Å². The second-order valence-electron chi connectivity index (χ2n) is 4.56.